The number of amides is 3. The number of allylic oxidation sites excluding steroid dienone is 5. The molecule has 0 spiro atoms. The first kappa shape index (κ1) is 27.6. The summed E-state index contributed by atoms with van der Waals surface area (Å²) in [7, 11) is 0. The number of hydrogen-bond donors (Lipinski definition) is 2. The zero-order valence-corrected chi connectivity index (χ0v) is 19.2. The molecule has 0 saturated carbocycles. The number of rotatable bonds is 16. The third kappa shape index (κ3) is 11.7. The van der Waals surface area contributed by atoms with Crippen molar-refractivity contribution in [2.75, 3.05) is 13.2 Å². The number of hydrogen-bond acceptors (Lipinski definition) is 6. The smallest absolute Gasteiger partial charge is 0.257 e. The molecule has 8 heteroatoms. The van der Waals surface area contributed by atoms with Gasteiger partial charge in [0.25, 0.3) is 17.7 Å². The maximum atomic E-state index is 12.7. The highest BCUT2D eigenvalue weighted by molar-refractivity contribution is 6.07. The van der Waals surface area contributed by atoms with Crippen LogP contribution in [0.25, 0.3) is 0 Å². The van der Waals surface area contributed by atoms with Crippen LogP contribution >= 0.6 is 0 Å². The number of carbonyl (C=O) groups is 4. The van der Waals surface area contributed by atoms with Gasteiger partial charge >= 0.3 is 0 Å². The summed E-state index contributed by atoms with van der Waals surface area (Å²) in [4.78, 5) is 49.6. The van der Waals surface area contributed by atoms with Crippen LogP contribution < -0.4 is 11.1 Å². The number of imide groups is 1. The van der Waals surface area contributed by atoms with E-state index < -0.39 is 17.9 Å². The molecule has 3 amide bonds. The van der Waals surface area contributed by atoms with Gasteiger partial charge in [0.2, 0.25) is 0 Å². The minimum absolute atomic E-state index is 0.106. The van der Waals surface area contributed by atoms with Crippen LogP contribution in [-0.2, 0) is 23.9 Å². The Balaban J connectivity index is 2.60. The Bertz CT molecular complexity index is 798. The van der Waals surface area contributed by atoms with E-state index in [4.69, 9.17) is 10.5 Å². The highest BCUT2D eigenvalue weighted by Crippen LogP contribution is 2.13. The standard InChI is InChI=1S/C25H35N3O5/c1-3-4-5-6-7-8-11-16-27-23(30)19-33-22-12-9-10-13-24(31)28(25(32)17-22)21(18-29)15-14-20(2)26/h3,9-10,12-13,17-18,21H,1-2,4-8,11,14-16,19,26H2,(H,27,30)/b12-9?,13-10+,22-17?. The van der Waals surface area contributed by atoms with Crippen LogP contribution in [0, 0.1) is 0 Å². The molecular weight excluding hydrogens is 422 g/mol. The zero-order chi connectivity index (χ0) is 24.5. The van der Waals surface area contributed by atoms with Gasteiger partial charge in [-0.2, -0.15) is 0 Å². The molecule has 33 heavy (non-hydrogen) atoms. The van der Waals surface area contributed by atoms with E-state index in [-0.39, 0.29) is 31.1 Å². The summed E-state index contributed by atoms with van der Waals surface area (Å²) in [5.74, 6) is -1.56. The first-order valence-electron chi connectivity index (χ1n) is 11.2. The van der Waals surface area contributed by atoms with Crippen molar-refractivity contribution < 1.29 is 23.9 Å². The molecule has 1 aliphatic rings. The minimum Gasteiger partial charge on any atom is -0.484 e. The number of nitrogens with zero attached hydrogens (tertiary/aromatic N) is 1. The lowest BCUT2D eigenvalue weighted by Crippen LogP contribution is -2.44. The third-order valence-corrected chi connectivity index (χ3v) is 4.88. The van der Waals surface area contributed by atoms with Crippen molar-refractivity contribution in [2.24, 2.45) is 5.73 Å². The summed E-state index contributed by atoms with van der Waals surface area (Å²) in [6.07, 6.45) is 15.9. The Labute approximate surface area is 195 Å². The summed E-state index contributed by atoms with van der Waals surface area (Å²) in [6.45, 7) is 7.55. The molecule has 1 rings (SSSR count). The molecule has 0 fully saturated rings. The van der Waals surface area contributed by atoms with Crippen LogP contribution in [0.15, 0.2) is 61.1 Å². The molecule has 0 aromatic carbocycles. The summed E-state index contributed by atoms with van der Waals surface area (Å²) in [5.41, 5.74) is 5.89. The molecule has 1 unspecified atom stereocenters. The Morgan fingerprint density at radius 3 is 2.52 bits per heavy atom. The molecule has 8 nitrogen and oxygen atoms in total. The van der Waals surface area contributed by atoms with E-state index in [1.54, 1.807) is 0 Å². The molecule has 1 heterocycles. The Morgan fingerprint density at radius 2 is 1.82 bits per heavy atom. The predicted octanol–water partition coefficient (Wildman–Crippen LogP) is 2.83. The quantitative estimate of drug-likeness (QED) is 0.159. The first-order valence-corrected chi connectivity index (χ1v) is 11.2. The molecule has 1 atom stereocenters. The van der Waals surface area contributed by atoms with Gasteiger partial charge < -0.3 is 20.6 Å². The van der Waals surface area contributed by atoms with Crippen molar-refractivity contribution >= 4 is 24.0 Å². The van der Waals surface area contributed by atoms with Crippen LogP contribution in [-0.4, -0.2) is 48.1 Å². The van der Waals surface area contributed by atoms with Crippen LogP contribution in [0.1, 0.15) is 51.4 Å². The van der Waals surface area contributed by atoms with Crippen LogP contribution in [0.3, 0.4) is 0 Å². The molecule has 0 saturated heterocycles. The second kappa shape index (κ2) is 16.2. The summed E-state index contributed by atoms with van der Waals surface area (Å²) in [5, 5.41) is 2.79. The number of nitrogens with two attached hydrogens (primary N) is 1. The molecular formula is C25H35N3O5. The number of nitrogens with one attached hydrogen (secondary N) is 1. The molecule has 0 aromatic rings. The molecule has 180 valence electrons. The van der Waals surface area contributed by atoms with Gasteiger partial charge in [0.05, 0.1) is 6.04 Å². The average molecular weight is 458 g/mol. The van der Waals surface area contributed by atoms with Crippen molar-refractivity contribution in [3.63, 3.8) is 0 Å². The first-order chi connectivity index (χ1) is 15.9. The van der Waals surface area contributed by atoms with Crippen molar-refractivity contribution in [3.05, 3.63) is 61.1 Å². The summed E-state index contributed by atoms with van der Waals surface area (Å²) < 4.78 is 5.46. The average Bonchev–Trinajstić information content (AvgIpc) is 2.84. The zero-order valence-electron chi connectivity index (χ0n) is 19.2. The van der Waals surface area contributed by atoms with Crippen LogP contribution in [0.5, 0.6) is 0 Å². The van der Waals surface area contributed by atoms with Crippen molar-refractivity contribution in [3.8, 4) is 0 Å². The van der Waals surface area contributed by atoms with Crippen molar-refractivity contribution in [1.82, 2.24) is 10.2 Å². The fourth-order valence-electron chi connectivity index (χ4n) is 3.10. The maximum absolute atomic E-state index is 12.7. The van der Waals surface area contributed by atoms with Gasteiger partial charge in [-0.05, 0) is 38.2 Å². The molecule has 0 aromatic heterocycles. The second-order valence-electron chi connectivity index (χ2n) is 7.70. The van der Waals surface area contributed by atoms with E-state index in [0.717, 1.165) is 49.5 Å². The SMILES string of the molecule is C=CCCCCCCCNC(=O)COC1=CC(=O)N(C(C=O)CCC(=C)N)C(=O)/C=C/C=C1. The fourth-order valence-corrected chi connectivity index (χ4v) is 3.10. The largest absolute Gasteiger partial charge is 0.484 e. The molecule has 1 aliphatic heterocycles. The summed E-state index contributed by atoms with van der Waals surface area (Å²) >= 11 is 0. The third-order valence-electron chi connectivity index (χ3n) is 4.88. The van der Waals surface area contributed by atoms with Gasteiger partial charge in [-0.1, -0.05) is 44.1 Å². The van der Waals surface area contributed by atoms with Crippen molar-refractivity contribution in [2.45, 2.75) is 57.4 Å². The van der Waals surface area contributed by atoms with Crippen molar-refractivity contribution in [1.29, 1.82) is 0 Å². The lowest BCUT2D eigenvalue weighted by Gasteiger charge is -2.24. The lowest BCUT2D eigenvalue weighted by atomic mass is 10.1. The Hall–Kier alpha value is -3.42. The van der Waals surface area contributed by atoms with Gasteiger partial charge in [-0.15, -0.1) is 6.58 Å². The number of unbranched alkanes of at least 4 members (excludes halogenated alkanes) is 5. The van der Waals surface area contributed by atoms with Gasteiger partial charge in [0.15, 0.2) is 6.61 Å². The second-order valence-corrected chi connectivity index (χ2v) is 7.70. The Kier molecular flexibility index (Phi) is 13.6. The predicted molar refractivity (Wildman–Crippen MR) is 127 cm³/mol. The van der Waals surface area contributed by atoms with E-state index in [2.05, 4.69) is 18.5 Å². The number of carbonyl (C=O) groups excluding carboxylic acids is 4. The van der Waals surface area contributed by atoms with E-state index in [9.17, 15) is 19.2 Å². The topological polar surface area (TPSA) is 119 Å². The van der Waals surface area contributed by atoms with Crippen LogP contribution in [0.4, 0.5) is 0 Å². The monoisotopic (exact) mass is 457 g/mol. The molecule has 0 bridgehead atoms. The highest BCUT2D eigenvalue weighted by atomic mass is 16.5. The normalized spacial score (nSPS) is 15.5. The summed E-state index contributed by atoms with van der Waals surface area (Å²) in [6, 6.07) is -0.995. The lowest BCUT2D eigenvalue weighted by molar-refractivity contribution is -0.144. The highest BCUT2D eigenvalue weighted by Gasteiger charge is 2.27. The number of ether oxygens (including phenoxy) is 1. The molecule has 0 radical (unpaired) electrons. The van der Waals surface area contributed by atoms with E-state index >= 15 is 0 Å². The van der Waals surface area contributed by atoms with Gasteiger partial charge in [-0.3, -0.25) is 19.3 Å². The van der Waals surface area contributed by atoms with E-state index in [1.165, 1.54) is 24.3 Å². The molecule has 0 aliphatic carbocycles. The fraction of sp³-hybridized carbons (Fsp3) is 0.440. The van der Waals surface area contributed by atoms with Gasteiger partial charge in [0.1, 0.15) is 12.0 Å². The van der Waals surface area contributed by atoms with Gasteiger partial charge in [0, 0.05) is 24.4 Å². The maximum Gasteiger partial charge on any atom is 0.257 e. The number of aldehydes is 1. The van der Waals surface area contributed by atoms with E-state index in [0.29, 0.717) is 18.5 Å². The molecule has 3 N–H and O–H groups in total. The van der Waals surface area contributed by atoms with Gasteiger partial charge in [-0.25, -0.2) is 0 Å². The van der Waals surface area contributed by atoms with Crippen LogP contribution in [0.2, 0.25) is 0 Å². The minimum atomic E-state index is -0.995. The Morgan fingerprint density at radius 1 is 1.12 bits per heavy atom. The van der Waals surface area contributed by atoms with E-state index in [1.807, 2.05) is 6.08 Å².